The van der Waals surface area contributed by atoms with Gasteiger partial charge in [-0.25, -0.2) is 9.97 Å². The molecule has 3 nitrogen and oxygen atoms in total. The van der Waals surface area contributed by atoms with E-state index >= 15 is 0 Å². The van der Waals surface area contributed by atoms with Gasteiger partial charge >= 0.3 is 0 Å². The molecule has 0 fully saturated rings. The fourth-order valence-corrected chi connectivity index (χ4v) is 1.87. The Balaban J connectivity index is 2.32. The minimum absolute atomic E-state index is 0.331. The number of rotatable bonds is 3. The van der Waals surface area contributed by atoms with Crippen LogP contribution in [0.4, 0.5) is 5.95 Å². The summed E-state index contributed by atoms with van der Waals surface area (Å²) in [6.07, 6.45) is 2.28. The molecule has 1 aromatic carbocycles. The second-order valence-electron chi connectivity index (χ2n) is 4.20. The highest BCUT2D eigenvalue weighted by molar-refractivity contribution is 5.60. The lowest BCUT2D eigenvalue weighted by Gasteiger charge is -2.04. The Morgan fingerprint density at radius 3 is 2.41 bits per heavy atom. The van der Waals surface area contributed by atoms with Crippen molar-refractivity contribution in [1.82, 2.24) is 9.97 Å². The molecule has 0 amide bonds. The van der Waals surface area contributed by atoms with Gasteiger partial charge in [-0.1, -0.05) is 37.6 Å². The van der Waals surface area contributed by atoms with Gasteiger partial charge in [0.15, 0.2) is 0 Å². The smallest absolute Gasteiger partial charge is 0.220 e. The first-order valence-electron chi connectivity index (χ1n) is 5.89. The number of hydrogen-bond donors (Lipinski definition) is 1. The van der Waals surface area contributed by atoms with Crippen molar-refractivity contribution in [2.45, 2.75) is 26.7 Å². The maximum absolute atomic E-state index is 5.65. The Kier molecular flexibility index (Phi) is 3.38. The molecule has 0 atom stereocenters. The minimum atomic E-state index is 0.331. The summed E-state index contributed by atoms with van der Waals surface area (Å²) in [7, 11) is 0. The van der Waals surface area contributed by atoms with Gasteiger partial charge in [0.25, 0.3) is 0 Å². The zero-order valence-electron chi connectivity index (χ0n) is 10.3. The van der Waals surface area contributed by atoms with E-state index in [1.54, 1.807) is 0 Å². The third-order valence-corrected chi connectivity index (χ3v) is 2.66. The van der Waals surface area contributed by atoms with Gasteiger partial charge in [0, 0.05) is 11.3 Å². The van der Waals surface area contributed by atoms with Crippen molar-refractivity contribution in [3.05, 3.63) is 41.6 Å². The van der Waals surface area contributed by atoms with E-state index in [1.165, 1.54) is 12.0 Å². The normalized spacial score (nSPS) is 10.5. The third kappa shape index (κ3) is 2.81. The van der Waals surface area contributed by atoms with Crippen molar-refractivity contribution < 1.29 is 0 Å². The van der Waals surface area contributed by atoms with Crippen LogP contribution in [-0.4, -0.2) is 9.97 Å². The highest BCUT2D eigenvalue weighted by Crippen LogP contribution is 2.19. The van der Waals surface area contributed by atoms with Crippen molar-refractivity contribution in [2.75, 3.05) is 5.73 Å². The fourth-order valence-electron chi connectivity index (χ4n) is 1.87. The quantitative estimate of drug-likeness (QED) is 0.877. The lowest BCUT2D eigenvalue weighted by atomic mass is 10.1. The lowest BCUT2D eigenvalue weighted by Crippen LogP contribution is -1.98. The van der Waals surface area contributed by atoms with Crippen LogP contribution >= 0.6 is 0 Å². The lowest BCUT2D eigenvalue weighted by molar-refractivity contribution is 0.922. The van der Waals surface area contributed by atoms with Gasteiger partial charge in [0.2, 0.25) is 5.95 Å². The predicted molar refractivity (Wildman–Crippen MR) is 70.6 cm³/mol. The van der Waals surface area contributed by atoms with E-state index in [4.69, 9.17) is 5.73 Å². The number of aromatic nitrogens is 2. The molecule has 2 N–H and O–H groups in total. The average Bonchev–Trinajstić information content (AvgIpc) is 2.29. The number of aryl methyl sites for hydroxylation is 2. The standard InChI is InChI=1S/C14H17N3/c1-3-4-11-5-7-12(8-6-11)13-9-10(2)16-14(15)17-13/h5-9H,3-4H2,1-2H3,(H2,15,16,17). The number of nitrogens with two attached hydrogens (primary N) is 1. The van der Waals surface area contributed by atoms with Crippen molar-refractivity contribution in [1.29, 1.82) is 0 Å². The van der Waals surface area contributed by atoms with Gasteiger partial charge in [-0.15, -0.1) is 0 Å². The van der Waals surface area contributed by atoms with Crippen LogP contribution in [0.25, 0.3) is 11.3 Å². The summed E-state index contributed by atoms with van der Waals surface area (Å²) in [4.78, 5) is 8.32. The maximum Gasteiger partial charge on any atom is 0.220 e. The van der Waals surface area contributed by atoms with Gasteiger partial charge in [-0.3, -0.25) is 0 Å². The average molecular weight is 227 g/mol. The zero-order valence-corrected chi connectivity index (χ0v) is 10.3. The topological polar surface area (TPSA) is 51.8 Å². The van der Waals surface area contributed by atoms with Gasteiger partial charge in [0.05, 0.1) is 5.69 Å². The van der Waals surface area contributed by atoms with E-state index < -0.39 is 0 Å². The summed E-state index contributed by atoms with van der Waals surface area (Å²) in [6, 6.07) is 10.4. The first-order chi connectivity index (χ1) is 8.19. The van der Waals surface area contributed by atoms with Crippen LogP contribution in [0.1, 0.15) is 24.6 Å². The molecule has 2 aromatic rings. The van der Waals surface area contributed by atoms with Crippen molar-refractivity contribution in [3.8, 4) is 11.3 Å². The Morgan fingerprint density at radius 1 is 1.12 bits per heavy atom. The number of benzene rings is 1. The molecule has 88 valence electrons. The van der Waals surface area contributed by atoms with E-state index in [9.17, 15) is 0 Å². The van der Waals surface area contributed by atoms with Crippen molar-refractivity contribution in [2.24, 2.45) is 0 Å². The van der Waals surface area contributed by atoms with Gasteiger partial charge in [-0.2, -0.15) is 0 Å². The first kappa shape index (κ1) is 11.6. The van der Waals surface area contributed by atoms with Crippen LogP contribution < -0.4 is 5.73 Å². The number of hydrogen-bond acceptors (Lipinski definition) is 3. The van der Waals surface area contributed by atoms with Crippen molar-refractivity contribution in [3.63, 3.8) is 0 Å². The monoisotopic (exact) mass is 227 g/mol. The Morgan fingerprint density at radius 2 is 1.82 bits per heavy atom. The molecule has 0 saturated carbocycles. The summed E-state index contributed by atoms with van der Waals surface area (Å²) in [5.74, 6) is 0.331. The minimum Gasteiger partial charge on any atom is -0.368 e. The molecule has 0 aliphatic heterocycles. The van der Waals surface area contributed by atoms with Crippen LogP contribution in [-0.2, 0) is 6.42 Å². The molecule has 0 bridgehead atoms. The molecular weight excluding hydrogens is 210 g/mol. The first-order valence-corrected chi connectivity index (χ1v) is 5.89. The van der Waals surface area contributed by atoms with Gasteiger partial charge in [-0.05, 0) is 25.0 Å². The highest BCUT2D eigenvalue weighted by Gasteiger charge is 2.02. The third-order valence-electron chi connectivity index (χ3n) is 2.66. The predicted octanol–water partition coefficient (Wildman–Crippen LogP) is 2.99. The second-order valence-corrected chi connectivity index (χ2v) is 4.20. The molecule has 1 heterocycles. The summed E-state index contributed by atoms with van der Waals surface area (Å²) >= 11 is 0. The fraction of sp³-hybridized carbons (Fsp3) is 0.286. The number of nitrogen functional groups attached to an aromatic ring is 1. The molecule has 2 rings (SSSR count). The van der Waals surface area contributed by atoms with Crippen LogP contribution in [0.5, 0.6) is 0 Å². The molecule has 0 unspecified atom stereocenters. The summed E-state index contributed by atoms with van der Waals surface area (Å²) < 4.78 is 0. The van der Waals surface area contributed by atoms with E-state index in [0.29, 0.717) is 5.95 Å². The Bertz CT molecular complexity index is 483. The van der Waals surface area contributed by atoms with E-state index in [2.05, 4.69) is 41.2 Å². The summed E-state index contributed by atoms with van der Waals surface area (Å²) in [5, 5.41) is 0. The molecule has 3 heteroatoms. The molecule has 0 aliphatic carbocycles. The number of nitrogens with zero attached hydrogens (tertiary/aromatic N) is 2. The summed E-state index contributed by atoms with van der Waals surface area (Å²) in [6.45, 7) is 4.11. The van der Waals surface area contributed by atoms with Gasteiger partial charge in [0.1, 0.15) is 0 Å². The molecule has 0 saturated heterocycles. The molecule has 0 aliphatic rings. The second kappa shape index (κ2) is 4.95. The van der Waals surface area contributed by atoms with E-state index in [0.717, 1.165) is 23.4 Å². The van der Waals surface area contributed by atoms with Crippen LogP contribution in [0, 0.1) is 6.92 Å². The Labute approximate surface area is 102 Å². The molecule has 1 aromatic heterocycles. The van der Waals surface area contributed by atoms with E-state index in [-0.39, 0.29) is 0 Å². The SMILES string of the molecule is CCCc1ccc(-c2cc(C)nc(N)n2)cc1. The van der Waals surface area contributed by atoms with Crippen LogP contribution in [0.15, 0.2) is 30.3 Å². The Hall–Kier alpha value is -1.90. The largest absolute Gasteiger partial charge is 0.368 e. The van der Waals surface area contributed by atoms with Crippen LogP contribution in [0.2, 0.25) is 0 Å². The molecule has 0 radical (unpaired) electrons. The highest BCUT2D eigenvalue weighted by atomic mass is 15.0. The van der Waals surface area contributed by atoms with Crippen molar-refractivity contribution >= 4 is 5.95 Å². The molecule has 0 spiro atoms. The number of anilines is 1. The summed E-state index contributed by atoms with van der Waals surface area (Å²) in [5.41, 5.74) is 9.87. The molecular formula is C14H17N3. The zero-order chi connectivity index (χ0) is 12.3. The van der Waals surface area contributed by atoms with Gasteiger partial charge < -0.3 is 5.73 Å². The maximum atomic E-state index is 5.65. The van der Waals surface area contributed by atoms with E-state index in [1.807, 2.05) is 13.0 Å². The van der Waals surface area contributed by atoms with Crippen LogP contribution in [0.3, 0.4) is 0 Å². The molecule has 17 heavy (non-hydrogen) atoms.